The summed E-state index contributed by atoms with van der Waals surface area (Å²) in [5.74, 6) is 0. The van der Waals surface area contributed by atoms with Gasteiger partial charge in [-0.15, -0.1) is 0 Å². The molecule has 1 aliphatic rings. The highest BCUT2D eigenvalue weighted by Gasteiger charge is 2.21. The van der Waals surface area contributed by atoms with Gasteiger partial charge in [-0.1, -0.05) is 0 Å². The van der Waals surface area contributed by atoms with Gasteiger partial charge >= 0.3 is 6.09 Å². The normalized spacial score (nSPS) is 16.6. The van der Waals surface area contributed by atoms with Crippen LogP contribution < -0.4 is 10.2 Å². The molecular weight excluding hydrogens is 373 g/mol. The van der Waals surface area contributed by atoms with Crippen molar-refractivity contribution in [1.82, 2.24) is 19.9 Å². The summed E-state index contributed by atoms with van der Waals surface area (Å²) in [6.07, 6.45) is 6.27. The van der Waals surface area contributed by atoms with Crippen molar-refractivity contribution in [2.24, 2.45) is 0 Å². The number of hydrogen-bond donors (Lipinski definition) is 2. The highest BCUT2D eigenvalue weighted by Crippen LogP contribution is 2.20. The smallest absolute Gasteiger partial charge is 0.404 e. The van der Waals surface area contributed by atoms with E-state index in [2.05, 4.69) is 42.9 Å². The van der Waals surface area contributed by atoms with E-state index in [0.29, 0.717) is 0 Å². The SMILES string of the molecule is O=C(O)NC1CCN(c2cnc3c(I)cnn3c2)CC1. The van der Waals surface area contributed by atoms with Crippen LogP contribution in [0.4, 0.5) is 10.5 Å². The minimum Gasteiger partial charge on any atom is -0.465 e. The van der Waals surface area contributed by atoms with Gasteiger partial charge in [-0.05, 0) is 35.4 Å². The first-order valence-electron chi connectivity index (χ1n) is 6.37. The molecule has 0 bridgehead atoms. The average Bonchev–Trinajstić information content (AvgIpc) is 2.80. The van der Waals surface area contributed by atoms with Crippen LogP contribution in [-0.4, -0.2) is 44.9 Å². The van der Waals surface area contributed by atoms with Crippen molar-refractivity contribution < 1.29 is 9.90 Å². The second-order valence-corrected chi connectivity index (χ2v) is 5.95. The molecule has 0 unspecified atom stereocenters. The average molecular weight is 387 g/mol. The molecule has 0 radical (unpaired) electrons. The Hall–Kier alpha value is -1.58. The molecule has 7 nitrogen and oxygen atoms in total. The Morgan fingerprint density at radius 3 is 2.85 bits per heavy atom. The molecule has 106 valence electrons. The number of fused-ring (bicyclic) bond motifs is 1. The van der Waals surface area contributed by atoms with E-state index >= 15 is 0 Å². The summed E-state index contributed by atoms with van der Waals surface area (Å²) in [4.78, 5) is 17.3. The van der Waals surface area contributed by atoms with Gasteiger partial charge in [0.2, 0.25) is 0 Å². The van der Waals surface area contributed by atoms with Gasteiger partial charge in [0.15, 0.2) is 5.65 Å². The molecule has 3 heterocycles. The molecule has 1 saturated heterocycles. The summed E-state index contributed by atoms with van der Waals surface area (Å²) < 4.78 is 2.80. The molecule has 1 aliphatic heterocycles. The predicted octanol–water partition coefficient (Wildman–Crippen LogP) is 1.57. The number of aromatic nitrogens is 3. The number of halogens is 1. The molecule has 0 spiro atoms. The monoisotopic (exact) mass is 387 g/mol. The second kappa shape index (κ2) is 5.43. The van der Waals surface area contributed by atoms with Crippen LogP contribution in [0.3, 0.4) is 0 Å². The fourth-order valence-corrected chi connectivity index (χ4v) is 2.97. The Morgan fingerprint density at radius 2 is 2.15 bits per heavy atom. The molecule has 0 saturated carbocycles. The topological polar surface area (TPSA) is 82.8 Å². The lowest BCUT2D eigenvalue weighted by Gasteiger charge is -2.33. The minimum absolute atomic E-state index is 0.0473. The van der Waals surface area contributed by atoms with Gasteiger partial charge in [-0.2, -0.15) is 5.10 Å². The zero-order valence-corrected chi connectivity index (χ0v) is 12.8. The van der Waals surface area contributed by atoms with E-state index in [1.165, 1.54) is 0 Å². The number of carboxylic acid groups (broad SMARTS) is 1. The van der Waals surface area contributed by atoms with Crippen LogP contribution >= 0.6 is 22.6 Å². The molecule has 8 heteroatoms. The first-order chi connectivity index (χ1) is 9.63. The van der Waals surface area contributed by atoms with Crippen LogP contribution in [0.15, 0.2) is 18.6 Å². The predicted molar refractivity (Wildman–Crippen MR) is 82.1 cm³/mol. The molecule has 0 aliphatic carbocycles. The van der Waals surface area contributed by atoms with Gasteiger partial charge in [0, 0.05) is 19.1 Å². The van der Waals surface area contributed by atoms with E-state index in [0.717, 1.165) is 40.8 Å². The summed E-state index contributed by atoms with van der Waals surface area (Å²) in [6.45, 7) is 1.63. The van der Waals surface area contributed by atoms with E-state index in [1.54, 1.807) is 10.7 Å². The molecule has 0 aromatic carbocycles. The van der Waals surface area contributed by atoms with Crippen LogP contribution in [-0.2, 0) is 0 Å². The molecule has 3 rings (SSSR count). The van der Waals surface area contributed by atoms with Crippen molar-refractivity contribution in [3.63, 3.8) is 0 Å². The zero-order chi connectivity index (χ0) is 14.1. The molecular formula is C12H14IN5O2. The number of rotatable bonds is 2. The van der Waals surface area contributed by atoms with E-state index in [9.17, 15) is 4.79 Å². The summed E-state index contributed by atoms with van der Waals surface area (Å²) in [5.41, 5.74) is 1.88. The first-order valence-corrected chi connectivity index (χ1v) is 7.44. The number of amides is 1. The Morgan fingerprint density at radius 1 is 1.40 bits per heavy atom. The van der Waals surface area contributed by atoms with Gasteiger partial charge in [-0.25, -0.2) is 14.3 Å². The van der Waals surface area contributed by atoms with Crippen LogP contribution in [0.1, 0.15) is 12.8 Å². The maximum absolute atomic E-state index is 10.6. The third kappa shape index (κ3) is 2.65. The Balaban J connectivity index is 1.71. The third-order valence-electron chi connectivity index (χ3n) is 3.49. The fraction of sp³-hybridized carbons (Fsp3) is 0.417. The maximum atomic E-state index is 10.6. The van der Waals surface area contributed by atoms with E-state index in [4.69, 9.17) is 5.11 Å². The fourth-order valence-electron chi connectivity index (χ4n) is 2.46. The van der Waals surface area contributed by atoms with Crippen LogP contribution in [0.5, 0.6) is 0 Å². The number of carbonyl (C=O) groups is 1. The summed E-state index contributed by atoms with van der Waals surface area (Å²) >= 11 is 2.21. The first kappa shape index (κ1) is 13.4. The number of hydrogen-bond acceptors (Lipinski definition) is 4. The largest absolute Gasteiger partial charge is 0.465 e. The Kier molecular flexibility index (Phi) is 3.64. The van der Waals surface area contributed by atoms with E-state index in [1.807, 2.05) is 12.4 Å². The lowest BCUT2D eigenvalue weighted by Crippen LogP contribution is -2.44. The lowest BCUT2D eigenvalue weighted by molar-refractivity contribution is 0.187. The molecule has 20 heavy (non-hydrogen) atoms. The second-order valence-electron chi connectivity index (χ2n) is 4.78. The van der Waals surface area contributed by atoms with E-state index < -0.39 is 6.09 Å². The van der Waals surface area contributed by atoms with Crippen molar-refractivity contribution in [2.75, 3.05) is 18.0 Å². The standard InChI is InChI=1S/C12H14IN5O2/c13-10-6-15-18-7-9(5-14-11(10)18)17-3-1-8(2-4-17)16-12(19)20/h5-8,16H,1-4H2,(H,19,20). The maximum Gasteiger partial charge on any atom is 0.404 e. The highest BCUT2D eigenvalue weighted by molar-refractivity contribution is 14.1. The molecule has 2 aromatic rings. The van der Waals surface area contributed by atoms with Crippen molar-refractivity contribution >= 4 is 40.0 Å². The number of nitrogens with zero attached hydrogens (tertiary/aromatic N) is 4. The Bertz CT molecular complexity index is 636. The molecule has 2 aromatic heterocycles. The van der Waals surface area contributed by atoms with Gasteiger partial charge in [0.1, 0.15) is 0 Å². The van der Waals surface area contributed by atoms with Crippen molar-refractivity contribution in [3.05, 3.63) is 22.2 Å². The molecule has 0 atom stereocenters. The third-order valence-corrected chi connectivity index (χ3v) is 4.25. The lowest BCUT2D eigenvalue weighted by atomic mass is 10.1. The van der Waals surface area contributed by atoms with Gasteiger partial charge in [0.05, 0.1) is 27.8 Å². The molecule has 2 N–H and O–H groups in total. The van der Waals surface area contributed by atoms with Gasteiger partial charge in [0.25, 0.3) is 0 Å². The minimum atomic E-state index is -0.947. The van der Waals surface area contributed by atoms with Crippen LogP contribution in [0.25, 0.3) is 5.65 Å². The number of nitrogens with one attached hydrogen (secondary N) is 1. The van der Waals surface area contributed by atoms with Gasteiger partial charge < -0.3 is 15.3 Å². The summed E-state index contributed by atoms with van der Waals surface area (Å²) in [5, 5.41) is 15.5. The summed E-state index contributed by atoms with van der Waals surface area (Å²) in [7, 11) is 0. The van der Waals surface area contributed by atoms with Crippen LogP contribution in [0, 0.1) is 3.57 Å². The quantitative estimate of drug-likeness (QED) is 0.765. The molecule has 1 fully saturated rings. The zero-order valence-electron chi connectivity index (χ0n) is 10.7. The van der Waals surface area contributed by atoms with Crippen molar-refractivity contribution in [2.45, 2.75) is 18.9 Å². The number of piperidine rings is 1. The summed E-state index contributed by atoms with van der Waals surface area (Å²) in [6, 6.07) is 0.0473. The highest BCUT2D eigenvalue weighted by atomic mass is 127. The van der Waals surface area contributed by atoms with E-state index in [-0.39, 0.29) is 6.04 Å². The van der Waals surface area contributed by atoms with Crippen LogP contribution in [0.2, 0.25) is 0 Å². The Labute approximate surface area is 129 Å². The number of anilines is 1. The molecule has 1 amide bonds. The van der Waals surface area contributed by atoms with Crippen molar-refractivity contribution in [1.29, 1.82) is 0 Å². The van der Waals surface area contributed by atoms with Gasteiger partial charge in [-0.3, -0.25) is 0 Å². The van der Waals surface area contributed by atoms with Crippen molar-refractivity contribution in [3.8, 4) is 0 Å².